The van der Waals surface area contributed by atoms with Crippen molar-refractivity contribution in [3.05, 3.63) is 39.4 Å². The van der Waals surface area contributed by atoms with Crippen LogP contribution in [0.2, 0.25) is 0 Å². The number of rotatable bonds is 6. The Kier molecular flexibility index (Phi) is 6.08. The van der Waals surface area contributed by atoms with Crippen molar-refractivity contribution in [2.24, 2.45) is 0 Å². The van der Waals surface area contributed by atoms with Crippen molar-refractivity contribution < 1.29 is 22.9 Å². The maximum Gasteiger partial charge on any atom is 0.416 e. The van der Waals surface area contributed by atoms with Crippen molar-refractivity contribution >= 4 is 11.6 Å². The Morgan fingerprint density at radius 3 is 2.48 bits per heavy atom. The molecule has 1 amide bonds. The summed E-state index contributed by atoms with van der Waals surface area (Å²) in [5, 5.41) is 13.5. The highest BCUT2D eigenvalue weighted by Gasteiger charge is 2.34. The predicted octanol–water partition coefficient (Wildman–Crippen LogP) is 2.68. The Balaban J connectivity index is 2.98. The van der Waals surface area contributed by atoms with Gasteiger partial charge in [0.15, 0.2) is 0 Å². The van der Waals surface area contributed by atoms with E-state index in [1.165, 1.54) is 0 Å². The van der Waals surface area contributed by atoms with Gasteiger partial charge < -0.3 is 10.2 Å². The van der Waals surface area contributed by atoms with E-state index in [1.807, 2.05) is 19.0 Å². The number of hydrogen-bond acceptors (Lipinski definition) is 4. The lowest BCUT2D eigenvalue weighted by molar-refractivity contribution is -0.385. The fraction of sp³-hybridized carbons (Fsp3) is 0.500. The molecule has 0 fully saturated rings. The van der Waals surface area contributed by atoms with Gasteiger partial charge in [0, 0.05) is 12.1 Å². The third-order valence-corrected chi connectivity index (χ3v) is 3.15. The van der Waals surface area contributed by atoms with Gasteiger partial charge in [-0.2, -0.15) is 13.2 Å². The molecule has 0 aliphatic heterocycles. The summed E-state index contributed by atoms with van der Waals surface area (Å²) >= 11 is 0. The molecule has 0 aliphatic rings. The number of halogens is 3. The molecule has 1 aromatic carbocycles. The molecular formula is C14H18F3N3O3. The molecule has 0 saturated heterocycles. The molecule has 1 aromatic rings. The molecule has 0 heterocycles. The van der Waals surface area contributed by atoms with Crippen molar-refractivity contribution in [2.45, 2.75) is 25.6 Å². The number of carbonyl (C=O) groups is 1. The second-order valence-electron chi connectivity index (χ2n) is 5.45. The molecule has 0 aromatic heterocycles. The molecule has 0 bridgehead atoms. The summed E-state index contributed by atoms with van der Waals surface area (Å²) < 4.78 is 37.9. The number of alkyl halides is 3. The van der Waals surface area contributed by atoms with E-state index in [9.17, 15) is 28.1 Å². The minimum atomic E-state index is -4.71. The van der Waals surface area contributed by atoms with Crippen molar-refractivity contribution in [3.8, 4) is 0 Å². The zero-order valence-corrected chi connectivity index (χ0v) is 13.0. The number of carbonyl (C=O) groups excluding carboxylic acids is 1. The summed E-state index contributed by atoms with van der Waals surface area (Å²) in [5.41, 5.74) is -2.42. The molecule has 0 saturated carbocycles. The smallest absolute Gasteiger partial charge is 0.349 e. The first-order valence-corrected chi connectivity index (χ1v) is 6.83. The third kappa shape index (κ3) is 5.51. The van der Waals surface area contributed by atoms with Crippen LogP contribution in [-0.4, -0.2) is 42.4 Å². The van der Waals surface area contributed by atoms with E-state index in [1.54, 1.807) is 6.92 Å². The maximum atomic E-state index is 12.6. The second kappa shape index (κ2) is 7.40. The van der Waals surface area contributed by atoms with Crippen LogP contribution < -0.4 is 5.32 Å². The highest BCUT2D eigenvalue weighted by Crippen LogP contribution is 2.33. The molecule has 1 rings (SSSR count). The van der Waals surface area contributed by atoms with Crippen molar-refractivity contribution in [2.75, 3.05) is 20.6 Å². The first-order chi connectivity index (χ1) is 10.5. The Labute approximate surface area is 131 Å². The average Bonchev–Trinajstić information content (AvgIpc) is 2.43. The van der Waals surface area contributed by atoms with Crippen LogP contribution in [0.1, 0.15) is 29.3 Å². The quantitative estimate of drug-likeness (QED) is 0.641. The average molecular weight is 333 g/mol. The molecule has 0 spiro atoms. The molecule has 1 N–H and O–H groups in total. The summed E-state index contributed by atoms with van der Waals surface area (Å²) in [4.78, 5) is 23.9. The zero-order chi connectivity index (χ0) is 17.8. The molecule has 1 atom stereocenters. The minimum Gasteiger partial charge on any atom is -0.349 e. The second-order valence-corrected chi connectivity index (χ2v) is 5.45. The van der Waals surface area contributed by atoms with Gasteiger partial charge in [-0.05, 0) is 46.1 Å². The number of benzene rings is 1. The fourth-order valence-corrected chi connectivity index (χ4v) is 1.88. The van der Waals surface area contributed by atoms with E-state index in [0.717, 1.165) is 6.07 Å². The number of nitrogens with zero attached hydrogens (tertiary/aromatic N) is 2. The fourth-order valence-electron chi connectivity index (χ4n) is 1.88. The first kappa shape index (κ1) is 18.9. The number of nitro benzene ring substituents is 1. The van der Waals surface area contributed by atoms with Crippen LogP contribution in [0.4, 0.5) is 18.9 Å². The summed E-state index contributed by atoms with van der Waals surface area (Å²) in [6.45, 7) is 2.41. The van der Waals surface area contributed by atoms with Crippen LogP contribution in [0.5, 0.6) is 0 Å². The first-order valence-electron chi connectivity index (χ1n) is 6.83. The topological polar surface area (TPSA) is 75.5 Å². The van der Waals surface area contributed by atoms with Gasteiger partial charge in [-0.1, -0.05) is 0 Å². The normalized spacial score (nSPS) is 13.0. The Morgan fingerprint density at radius 2 is 2.00 bits per heavy atom. The lowest BCUT2D eigenvalue weighted by Crippen LogP contribution is -2.35. The Morgan fingerprint density at radius 1 is 1.39 bits per heavy atom. The van der Waals surface area contributed by atoms with E-state index in [2.05, 4.69) is 5.32 Å². The summed E-state index contributed by atoms with van der Waals surface area (Å²) in [7, 11) is 3.71. The molecule has 0 unspecified atom stereocenters. The maximum absolute atomic E-state index is 12.6. The molecule has 0 aliphatic carbocycles. The van der Waals surface area contributed by atoms with Crippen molar-refractivity contribution in [3.63, 3.8) is 0 Å². The minimum absolute atomic E-state index is 0.271. The van der Waals surface area contributed by atoms with Crippen molar-refractivity contribution in [1.29, 1.82) is 0 Å². The van der Waals surface area contributed by atoms with Crippen LogP contribution in [0.15, 0.2) is 18.2 Å². The number of nitro groups is 1. The Bertz CT molecular complexity index is 588. The van der Waals surface area contributed by atoms with Crippen LogP contribution >= 0.6 is 0 Å². The number of amides is 1. The van der Waals surface area contributed by atoms with Gasteiger partial charge in [0.05, 0.1) is 10.5 Å². The molecule has 6 nitrogen and oxygen atoms in total. The van der Waals surface area contributed by atoms with Gasteiger partial charge in [-0.15, -0.1) is 0 Å². The zero-order valence-electron chi connectivity index (χ0n) is 13.0. The molecule has 9 heteroatoms. The molecular weight excluding hydrogens is 315 g/mol. The van der Waals surface area contributed by atoms with E-state index in [4.69, 9.17) is 0 Å². The molecule has 23 heavy (non-hydrogen) atoms. The largest absolute Gasteiger partial charge is 0.416 e. The third-order valence-electron chi connectivity index (χ3n) is 3.15. The highest BCUT2D eigenvalue weighted by molar-refractivity contribution is 5.98. The van der Waals surface area contributed by atoms with Crippen LogP contribution in [0, 0.1) is 10.1 Å². The van der Waals surface area contributed by atoms with Gasteiger partial charge in [0.2, 0.25) is 0 Å². The van der Waals surface area contributed by atoms with Gasteiger partial charge in [0.1, 0.15) is 5.56 Å². The van der Waals surface area contributed by atoms with E-state index in [0.29, 0.717) is 25.1 Å². The lowest BCUT2D eigenvalue weighted by Gasteiger charge is -2.17. The monoisotopic (exact) mass is 333 g/mol. The molecule has 128 valence electrons. The van der Waals surface area contributed by atoms with Gasteiger partial charge in [0.25, 0.3) is 11.6 Å². The van der Waals surface area contributed by atoms with Crippen LogP contribution in [-0.2, 0) is 6.18 Å². The number of hydrogen-bond donors (Lipinski definition) is 1. The van der Waals surface area contributed by atoms with Crippen molar-refractivity contribution in [1.82, 2.24) is 10.2 Å². The van der Waals surface area contributed by atoms with Gasteiger partial charge in [-0.25, -0.2) is 0 Å². The summed E-state index contributed by atoms with van der Waals surface area (Å²) in [5.74, 6) is -0.767. The highest BCUT2D eigenvalue weighted by atomic mass is 19.4. The summed E-state index contributed by atoms with van der Waals surface area (Å²) in [6, 6.07) is 1.59. The summed E-state index contributed by atoms with van der Waals surface area (Å²) in [6.07, 6.45) is -4.11. The van der Waals surface area contributed by atoms with E-state index < -0.39 is 28.3 Å². The van der Waals surface area contributed by atoms with Crippen LogP contribution in [0.25, 0.3) is 0 Å². The standard InChI is InChI=1S/C14H18F3N3O3/c1-9(6-7-19(2)3)18-13(21)11-5-4-10(14(15,16)17)8-12(11)20(22)23/h4-5,8-9H,6-7H2,1-3H3,(H,18,21)/t9-/m0/s1. The number of nitrogens with one attached hydrogen (secondary N) is 1. The van der Waals surface area contributed by atoms with Gasteiger partial charge in [-0.3, -0.25) is 14.9 Å². The van der Waals surface area contributed by atoms with Gasteiger partial charge >= 0.3 is 6.18 Å². The van der Waals surface area contributed by atoms with E-state index >= 15 is 0 Å². The predicted molar refractivity (Wildman–Crippen MR) is 78.2 cm³/mol. The molecule has 0 radical (unpaired) electrons. The Hall–Kier alpha value is -2.16. The SMILES string of the molecule is C[C@@H](CCN(C)C)NC(=O)c1ccc(C(F)(F)F)cc1[N+](=O)[O-]. The van der Waals surface area contributed by atoms with E-state index in [-0.39, 0.29) is 11.6 Å². The lowest BCUT2D eigenvalue weighted by atomic mass is 10.1. The van der Waals surface area contributed by atoms with Crippen LogP contribution in [0.3, 0.4) is 0 Å².